The number of nitrogens with zero attached hydrogens (tertiary/aromatic N) is 5. The first kappa shape index (κ1) is 20.4. The minimum atomic E-state index is 0.541. The Balaban J connectivity index is 0.948. The van der Waals surface area contributed by atoms with Crippen LogP contribution in [-0.2, 0) is 7.05 Å². The lowest BCUT2D eigenvalue weighted by atomic mass is 9.35. The molecule has 6 unspecified atom stereocenters. The molecule has 5 fully saturated rings. The van der Waals surface area contributed by atoms with E-state index in [4.69, 9.17) is 0 Å². The van der Waals surface area contributed by atoms with Gasteiger partial charge in [0.05, 0.1) is 23.8 Å². The van der Waals surface area contributed by atoms with Crippen molar-refractivity contribution in [2.45, 2.75) is 58.4 Å². The molecule has 6 heteroatoms. The SMILES string of the molecule is Cc1nn(C)cc1-c1cnc(NC2C[C@@H]3CN(CC45CC(C)CC6CC(C4)C65)C[C@@H]3C2)cn1. The molecule has 4 aliphatic carbocycles. The first-order chi connectivity index (χ1) is 16.0. The fourth-order valence-corrected chi connectivity index (χ4v) is 9.26. The number of aryl methyl sites for hydroxylation is 2. The number of fused-ring (bicyclic) bond motifs is 1. The number of aromatic nitrogens is 4. The first-order valence-electron chi connectivity index (χ1n) is 13.3. The zero-order chi connectivity index (χ0) is 22.3. The molecular weight excluding hydrogens is 408 g/mol. The second-order valence-electron chi connectivity index (χ2n) is 12.5. The molecule has 176 valence electrons. The minimum absolute atomic E-state index is 0.541. The summed E-state index contributed by atoms with van der Waals surface area (Å²) in [5, 5.41) is 8.11. The molecule has 1 N–H and O–H groups in total. The Morgan fingerprint density at radius 3 is 2.48 bits per heavy atom. The van der Waals surface area contributed by atoms with E-state index < -0.39 is 0 Å². The lowest BCUT2D eigenvalue weighted by Gasteiger charge is -2.70. The van der Waals surface area contributed by atoms with E-state index in [1.54, 1.807) is 12.8 Å². The molecular formula is C27H38N6. The maximum absolute atomic E-state index is 4.68. The van der Waals surface area contributed by atoms with Gasteiger partial charge in [0.25, 0.3) is 0 Å². The summed E-state index contributed by atoms with van der Waals surface area (Å²) in [5.74, 6) is 6.87. The fraction of sp³-hybridized carbons (Fsp3) is 0.741. The molecule has 0 spiro atoms. The Bertz CT molecular complexity index is 1030. The van der Waals surface area contributed by atoms with Gasteiger partial charge in [0.2, 0.25) is 0 Å². The van der Waals surface area contributed by atoms with Crippen LogP contribution in [0.1, 0.15) is 51.1 Å². The average molecular weight is 447 g/mol. The van der Waals surface area contributed by atoms with Crippen LogP contribution in [0.3, 0.4) is 0 Å². The minimum Gasteiger partial charge on any atom is -0.366 e. The molecule has 0 radical (unpaired) electrons. The summed E-state index contributed by atoms with van der Waals surface area (Å²) in [4.78, 5) is 12.2. The van der Waals surface area contributed by atoms with E-state index in [1.165, 1.54) is 45.3 Å². The van der Waals surface area contributed by atoms with Gasteiger partial charge in [0.1, 0.15) is 5.82 Å². The Kier molecular flexibility index (Phi) is 4.50. The lowest BCUT2D eigenvalue weighted by molar-refractivity contribution is -0.214. The van der Waals surface area contributed by atoms with Gasteiger partial charge in [-0.05, 0) is 86.4 Å². The highest BCUT2D eigenvalue weighted by Crippen LogP contribution is 2.71. The number of rotatable bonds is 5. The van der Waals surface area contributed by atoms with Gasteiger partial charge >= 0.3 is 0 Å². The molecule has 33 heavy (non-hydrogen) atoms. The van der Waals surface area contributed by atoms with Gasteiger partial charge in [-0.15, -0.1) is 0 Å². The molecule has 0 aromatic carbocycles. The smallest absolute Gasteiger partial charge is 0.144 e. The molecule has 0 bridgehead atoms. The van der Waals surface area contributed by atoms with Gasteiger partial charge in [0, 0.05) is 44.5 Å². The molecule has 0 amide bonds. The molecule has 2 aromatic rings. The Labute approximate surface area is 197 Å². The summed E-state index contributed by atoms with van der Waals surface area (Å²) in [5.41, 5.74) is 3.65. The van der Waals surface area contributed by atoms with Crippen molar-refractivity contribution >= 4 is 5.82 Å². The van der Waals surface area contributed by atoms with Crippen molar-refractivity contribution in [2.75, 3.05) is 25.0 Å². The Morgan fingerprint density at radius 1 is 1.00 bits per heavy atom. The van der Waals surface area contributed by atoms with Gasteiger partial charge < -0.3 is 10.2 Å². The molecule has 4 saturated carbocycles. The van der Waals surface area contributed by atoms with E-state index in [0.29, 0.717) is 11.5 Å². The summed E-state index contributed by atoms with van der Waals surface area (Å²) in [7, 11) is 1.94. The van der Waals surface area contributed by atoms with Crippen LogP contribution in [0.25, 0.3) is 11.3 Å². The van der Waals surface area contributed by atoms with Crippen molar-refractivity contribution in [3.8, 4) is 11.3 Å². The second-order valence-corrected chi connectivity index (χ2v) is 12.5. The third-order valence-electron chi connectivity index (χ3n) is 10.1. The number of nitrogens with one attached hydrogen (secondary N) is 1. The van der Waals surface area contributed by atoms with Crippen molar-refractivity contribution in [3.63, 3.8) is 0 Å². The number of likely N-dealkylation sites (tertiary alicyclic amines) is 1. The van der Waals surface area contributed by atoms with Gasteiger partial charge in [-0.3, -0.25) is 9.67 Å². The number of anilines is 1. The molecule has 7 rings (SSSR count). The highest BCUT2D eigenvalue weighted by Gasteiger charge is 2.65. The third-order valence-corrected chi connectivity index (χ3v) is 10.1. The third kappa shape index (κ3) is 3.27. The lowest BCUT2D eigenvalue weighted by Crippen LogP contribution is -2.65. The van der Waals surface area contributed by atoms with E-state index in [-0.39, 0.29) is 0 Å². The zero-order valence-electron chi connectivity index (χ0n) is 20.4. The summed E-state index contributed by atoms with van der Waals surface area (Å²) < 4.78 is 1.83. The highest BCUT2D eigenvalue weighted by atomic mass is 15.3. The fourth-order valence-electron chi connectivity index (χ4n) is 9.26. The predicted molar refractivity (Wildman–Crippen MR) is 130 cm³/mol. The summed E-state index contributed by atoms with van der Waals surface area (Å²) >= 11 is 0. The van der Waals surface area contributed by atoms with Crippen LogP contribution in [-0.4, -0.2) is 50.3 Å². The zero-order valence-corrected chi connectivity index (χ0v) is 20.4. The van der Waals surface area contributed by atoms with Crippen LogP contribution in [0.15, 0.2) is 18.6 Å². The van der Waals surface area contributed by atoms with E-state index in [1.807, 2.05) is 37.2 Å². The quantitative estimate of drug-likeness (QED) is 0.739. The van der Waals surface area contributed by atoms with Crippen LogP contribution in [0.5, 0.6) is 0 Å². The number of hydrogen-bond donors (Lipinski definition) is 1. The van der Waals surface area contributed by atoms with Crippen molar-refractivity contribution in [2.24, 2.45) is 48.0 Å². The van der Waals surface area contributed by atoms with Gasteiger partial charge in [-0.25, -0.2) is 4.98 Å². The van der Waals surface area contributed by atoms with E-state index in [2.05, 4.69) is 32.2 Å². The van der Waals surface area contributed by atoms with E-state index in [9.17, 15) is 0 Å². The maximum Gasteiger partial charge on any atom is 0.144 e. The molecule has 8 atom stereocenters. The monoisotopic (exact) mass is 446 g/mol. The van der Waals surface area contributed by atoms with Crippen molar-refractivity contribution in [1.82, 2.24) is 24.6 Å². The van der Waals surface area contributed by atoms with Crippen molar-refractivity contribution in [3.05, 3.63) is 24.3 Å². The maximum atomic E-state index is 4.68. The topological polar surface area (TPSA) is 58.9 Å². The summed E-state index contributed by atoms with van der Waals surface area (Å²) in [6, 6.07) is 0.541. The first-order valence-corrected chi connectivity index (χ1v) is 13.3. The summed E-state index contributed by atoms with van der Waals surface area (Å²) in [6.07, 6.45) is 14.5. The van der Waals surface area contributed by atoms with E-state index >= 15 is 0 Å². The molecule has 6 nitrogen and oxygen atoms in total. The van der Waals surface area contributed by atoms with Crippen LogP contribution < -0.4 is 5.32 Å². The Hall–Kier alpha value is -1.95. The van der Waals surface area contributed by atoms with Gasteiger partial charge in [-0.2, -0.15) is 5.10 Å². The second kappa shape index (κ2) is 7.27. The number of hydrogen-bond acceptors (Lipinski definition) is 5. The average Bonchev–Trinajstić information content (AvgIpc) is 3.38. The van der Waals surface area contributed by atoms with Crippen molar-refractivity contribution < 1.29 is 0 Å². The normalized spacial score (nSPS) is 41.2. The predicted octanol–water partition coefficient (Wildman–Crippen LogP) is 4.38. The van der Waals surface area contributed by atoms with Crippen molar-refractivity contribution in [1.29, 1.82) is 0 Å². The van der Waals surface area contributed by atoms with Gasteiger partial charge in [0.15, 0.2) is 0 Å². The molecule has 3 heterocycles. The van der Waals surface area contributed by atoms with Crippen LogP contribution in [0.4, 0.5) is 5.82 Å². The standard InChI is InChI=1S/C27H38N6/c1-16-4-18-5-19-9-27(8-16,26(18)19)15-33-12-20-6-22(7-21(20)13-33)30-25-11-28-24(10-29-25)23-14-32(3)31-17(23)2/h10-11,14,16,18-22,26H,4-9,12-13,15H2,1-3H3,(H,29,30)/t16?,18?,19?,20-,21+,22?,26?,27?. The molecule has 1 saturated heterocycles. The summed E-state index contributed by atoms with van der Waals surface area (Å²) in [6.45, 7) is 8.59. The van der Waals surface area contributed by atoms with Crippen LogP contribution in [0.2, 0.25) is 0 Å². The van der Waals surface area contributed by atoms with Gasteiger partial charge in [-0.1, -0.05) is 6.92 Å². The Morgan fingerprint density at radius 2 is 1.82 bits per heavy atom. The largest absolute Gasteiger partial charge is 0.366 e. The molecule has 2 aromatic heterocycles. The molecule has 1 aliphatic heterocycles. The molecule has 5 aliphatic rings. The van der Waals surface area contributed by atoms with E-state index in [0.717, 1.165) is 58.3 Å². The van der Waals surface area contributed by atoms with Crippen LogP contribution in [0, 0.1) is 47.8 Å². The highest BCUT2D eigenvalue weighted by molar-refractivity contribution is 5.60. The van der Waals surface area contributed by atoms with Crippen LogP contribution >= 0.6 is 0 Å².